The highest BCUT2D eigenvalue weighted by Gasteiger charge is 2.20. The van der Waals surface area contributed by atoms with Crippen molar-refractivity contribution >= 4 is 18.3 Å². The molecule has 1 saturated carbocycles. The van der Waals surface area contributed by atoms with Gasteiger partial charge in [-0.15, -0.1) is 12.4 Å². The van der Waals surface area contributed by atoms with E-state index in [-0.39, 0.29) is 24.4 Å². The SMILES string of the molecule is COc1ccc(CNC(=O)C(N)c2ccccc2)c(OC2CCCC2)c1.Cl. The van der Waals surface area contributed by atoms with E-state index >= 15 is 0 Å². The van der Waals surface area contributed by atoms with Gasteiger partial charge < -0.3 is 20.5 Å². The number of rotatable bonds is 7. The number of nitrogens with two attached hydrogens (primary N) is 1. The first-order valence-corrected chi connectivity index (χ1v) is 9.09. The molecule has 1 amide bonds. The highest BCUT2D eigenvalue weighted by molar-refractivity contribution is 5.85. The summed E-state index contributed by atoms with van der Waals surface area (Å²) in [4.78, 5) is 12.4. The minimum absolute atomic E-state index is 0. The Kier molecular flexibility index (Phi) is 7.95. The van der Waals surface area contributed by atoms with Crippen LogP contribution in [0.1, 0.15) is 42.9 Å². The standard InChI is InChI=1S/C21H26N2O3.ClH/c1-25-18-12-11-16(19(13-18)26-17-9-5-6-10-17)14-23-21(24)20(22)15-7-3-2-4-8-15;/h2-4,7-8,11-13,17,20H,5-6,9-10,14,22H2,1H3,(H,23,24);1H. The smallest absolute Gasteiger partial charge is 0.241 e. The normalized spacial score (nSPS) is 14.9. The van der Waals surface area contributed by atoms with Gasteiger partial charge >= 0.3 is 0 Å². The molecular weight excluding hydrogens is 364 g/mol. The first-order valence-electron chi connectivity index (χ1n) is 9.09. The molecular formula is C21H27ClN2O3. The first-order chi connectivity index (χ1) is 12.7. The highest BCUT2D eigenvalue weighted by atomic mass is 35.5. The van der Waals surface area contributed by atoms with Gasteiger partial charge in [0.15, 0.2) is 0 Å². The van der Waals surface area contributed by atoms with Gasteiger partial charge in [0.05, 0.1) is 13.2 Å². The van der Waals surface area contributed by atoms with Gasteiger partial charge in [-0.05, 0) is 43.4 Å². The van der Waals surface area contributed by atoms with Crippen LogP contribution in [0.5, 0.6) is 11.5 Å². The van der Waals surface area contributed by atoms with Gasteiger partial charge in [-0.2, -0.15) is 0 Å². The second kappa shape index (κ2) is 10.2. The maximum Gasteiger partial charge on any atom is 0.241 e. The number of nitrogens with one attached hydrogen (secondary N) is 1. The summed E-state index contributed by atoms with van der Waals surface area (Å²) in [6, 6.07) is 14.4. The zero-order valence-electron chi connectivity index (χ0n) is 15.5. The molecule has 0 heterocycles. The van der Waals surface area contributed by atoms with Crippen molar-refractivity contribution < 1.29 is 14.3 Å². The van der Waals surface area contributed by atoms with Crippen molar-refractivity contribution in [2.75, 3.05) is 7.11 Å². The lowest BCUT2D eigenvalue weighted by Gasteiger charge is -2.18. The molecule has 27 heavy (non-hydrogen) atoms. The maximum absolute atomic E-state index is 12.4. The van der Waals surface area contributed by atoms with Crippen LogP contribution in [0, 0.1) is 0 Å². The molecule has 0 bridgehead atoms. The maximum atomic E-state index is 12.4. The molecule has 2 aromatic carbocycles. The summed E-state index contributed by atoms with van der Waals surface area (Å²) >= 11 is 0. The van der Waals surface area contributed by atoms with Crippen molar-refractivity contribution in [3.05, 3.63) is 59.7 Å². The highest BCUT2D eigenvalue weighted by Crippen LogP contribution is 2.30. The third-order valence-corrected chi connectivity index (χ3v) is 4.76. The summed E-state index contributed by atoms with van der Waals surface area (Å²) in [5.41, 5.74) is 7.77. The van der Waals surface area contributed by atoms with Gasteiger partial charge in [0, 0.05) is 18.2 Å². The molecule has 6 heteroatoms. The van der Waals surface area contributed by atoms with Crippen LogP contribution in [-0.2, 0) is 11.3 Å². The van der Waals surface area contributed by atoms with Crippen molar-refractivity contribution in [3.8, 4) is 11.5 Å². The number of benzene rings is 2. The Morgan fingerprint density at radius 1 is 1.19 bits per heavy atom. The Balaban J connectivity index is 0.00000261. The molecule has 3 N–H and O–H groups in total. The summed E-state index contributed by atoms with van der Waals surface area (Å²) in [5.74, 6) is 1.30. The van der Waals surface area contributed by atoms with E-state index in [2.05, 4.69) is 5.32 Å². The molecule has 0 aromatic heterocycles. The minimum atomic E-state index is -0.686. The molecule has 1 fully saturated rings. The second-order valence-electron chi connectivity index (χ2n) is 6.60. The van der Waals surface area contributed by atoms with E-state index in [9.17, 15) is 4.79 Å². The molecule has 3 rings (SSSR count). The minimum Gasteiger partial charge on any atom is -0.497 e. The average molecular weight is 391 g/mol. The summed E-state index contributed by atoms with van der Waals surface area (Å²) in [6.45, 7) is 0.366. The number of carbonyl (C=O) groups excluding carboxylic acids is 1. The molecule has 0 radical (unpaired) electrons. The molecule has 146 valence electrons. The van der Waals surface area contributed by atoms with E-state index in [0.29, 0.717) is 6.54 Å². The third kappa shape index (κ3) is 5.62. The predicted molar refractivity (Wildman–Crippen MR) is 108 cm³/mol. The number of amides is 1. The first kappa shape index (κ1) is 21.1. The number of methoxy groups -OCH3 is 1. The fourth-order valence-corrected chi connectivity index (χ4v) is 3.21. The van der Waals surface area contributed by atoms with E-state index in [1.807, 2.05) is 48.5 Å². The summed E-state index contributed by atoms with van der Waals surface area (Å²) < 4.78 is 11.5. The van der Waals surface area contributed by atoms with Crippen molar-refractivity contribution in [2.24, 2.45) is 5.73 Å². The monoisotopic (exact) mass is 390 g/mol. The van der Waals surface area contributed by atoms with Crippen LogP contribution in [0.2, 0.25) is 0 Å². The largest absolute Gasteiger partial charge is 0.497 e. The number of ether oxygens (including phenoxy) is 2. The molecule has 1 aliphatic carbocycles. The van der Waals surface area contributed by atoms with Gasteiger partial charge in [0.25, 0.3) is 0 Å². The zero-order chi connectivity index (χ0) is 18.4. The van der Waals surface area contributed by atoms with Crippen LogP contribution in [0.3, 0.4) is 0 Å². The van der Waals surface area contributed by atoms with Crippen molar-refractivity contribution in [3.63, 3.8) is 0 Å². The average Bonchev–Trinajstić information content (AvgIpc) is 3.19. The summed E-state index contributed by atoms with van der Waals surface area (Å²) in [6.07, 6.45) is 4.78. The van der Waals surface area contributed by atoms with Crippen LogP contribution in [0.15, 0.2) is 48.5 Å². The Morgan fingerprint density at radius 2 is 1.89 bits per heavy atom. The van der Waals surface area contributed by atoms with E-state index < -0.39 is 6.04 Å². The molecule has 1 atom stereocenters. The van der Waals surface area contributed by atoms with E-state index in [4.69, 9.17) is 15.2 Å². The van der Waals surface area contributed by atoms with Crippen LogP contribution in [0.25, 0.3) is 0 Å². The van der Waals surface area contributed by atoms with Gasteiger partial charge in [-0.25, -0.2) is 0 Å². The van der Waals surface area contributed by atoms with E-state index in [1.165, 1.54) is 12.8 Å². The second-order valence-corrected chi connectivity index (χ2v) is 6.60. The van der Waals surface area contributed by atoms with Crippen molar-refractivity contribution in [1.29, 1.82) is 0 Å². The van der Waals surface area contributed by atoms with Crippen LogP contribution in [0.4, 0.5) is 0 Å². The van der Waals surface area contributed by atoms with E-state index in [0.717, 1.165) is 35.5 Å². The number of hydrogen-bond acceptors (Lipinski definition) is 4. The predicted octanol–water partition coefficient (Wildman–Crippen LogP) is 3.75. The van der Waals surface area contributed by atoms with E-state index in [1.54, 1.807) is 7.11 Å². The topological polar surface area (TPSA) is 73.6 Å². The van der Waals surface area contributed by atoms with Crippen LogP contribution in [-0.4, -0.2) is 19.1 Å². The third-order valence-electron chi connectivity index (χ3n) is 4.76. The lowest BCUT2D eigenvalue weighted by molar-refractivity contribution is -0.122. The van der Waals surface area contributed by atoms with Crippen molar-refractivity contribution in [2.45, 2.75) is 44.4 Å². The molecule has 0 saturated heterocycles. The molecule has 5 nitrogen and oxygen atoms in total. The molecule has 1 aliphatic rings. The lowest BCUT2D eigenvalue weighted by Crippen LogP contribution is -2.33. The number of carbonyl (C=O) groups is 1. The lowest BCUT2D eigenvalue weighted by atomic mass is 10.1. The van der Waals surface area contributed by atoms with Crippen LogP contribution >= 0.6 is 12.4 Å². The molecule has 2 aromatic rings. The Bertz CT molecular complexity index is 733. The number of hydrogen-bond donors (Lipinski definition) is 2. The number of halogens is 1. The molecule has 0 spiro atoms. The Labute approximate surface area is 166 Å². The van der Waals surface area contributed by atoms with Gasteiger partial charge in [0.2, 0.25) is 5.91 Å². The Morgan fingerprint density at radius 3 is 2.56 bits per heavy atom. The molecule has 0 aliphatic heterocycles. The van der Waals surface area contributed by atoms with Gasteiger partial charge in [0.1, 0.15) is 17.5 Å². The fraction of sp³-hybridized carbons (Fsp3) is 0.381. The van der Waals surface area contributed by atoms with Gasteiger partial charge in [-0.3, -0.25) is 4.79 Å². The quantitative estimate of drug-likeness (QED) is 0.755. The summed E-state index contributed by atoms with van der Waals surface area (Å²) in [5, 5.41) is 2.92. The Hall–Kier alpha value is -2.24. The summed E-state index contributed by atoms with van der Waals surface area (Å²) in [7, 11) is 1.63. The zero-order valence-corrected chi connectivity index (χ0v) is 16.3. The fourth-order valence-electron chi connectivity index (χ4n) is 3.21. The van der Waals surface area contributed by atoms with Crippen LogP contribution < -0.4 is 20.5 Å². The molecule has 1 unspecified atom stereocenters. The van der Waals surface area contributed by atoms with Gasteiger partial charge in [-0.1, -0.05) is 30.3 Å². The van der Waals surface area contributed by atoms with Crippen molar-refractivity contribution in [1.82, 2.24) is 5.32 Å².